The van der Waals surface area contributed by atoms with Crippen molar-refractivity contribution < 1.29 is 17.6 Å². The van der Waals surface area contributed by atoms with E-state index in [1.807, 2.05) is 6.07 Å². The third-order valence-corrected chi connectivity index (χ3v) is 8.57. The Labute approximate surface area is 168 Å². The molecule has 150 valence electrons. The number of amides is 1. The second kappa shape index (κ2) is 7.93. The summed E-state index contributed by atoms with van der Waals surface area (Å²) in [6, 6.07) is 6.89. The molecule has 0 bridgehead atoms. The van der Waals surface area contributed by atoms with Crippen LogP contribution in [-0.2, 0) is 22.9 Å². The molecule has 1 aromatic heterocycles. The molecule has 2 heterocycles. The summed E-state index contributed by atoms with van der Waals surface area (Å²) >= 11 is 1.60. The van der Waals surface area contributed by atoms with Crippen LogP contribution in [0.15, 0.2) is 35.2 Å². The molecule has 4 rings (SSSR count). The van der Waals surface area contributed by atoms with Gasteiger partial charge in [-0.25, -0.2) is 12.8 Å². The van der Waals surface area contributed by atoms with Crippen molar-refractivity contribution in [3.05, 3.63) is 51.5 Å². The maximum absolute atomic E-state index is 13.1. The van der Waals surface area contributed by atoms with Gasteiger partial charge in [0.05, 0.1) is 9.77 Å². The van der Waals surface area contributed by atoms with E-state index in [9.17, 15) is 17.6 Å². The highest BCUT2D eigenvalue weighted by atomic mass is 32.2. The molecule has 0 radical (unpaired) electrons. The third-order valence-electron chi connectivity index (χ3n) is 5.43. The van der Waals surface area contributed by atoms with Crippen molar-refractivity contribution in [3.63, 3.8) is 0 Å². The topological polar surface area (TPSA) is 57.7 Å². The first-order chi connectivity index (χ1) is 13.4. The van der Waals surface area contributed by atoms with E-state index in [0.717, 1.165) is 29.9 Å². The molecule has 0 saturated carbocycles. The lowest BCUT2D eigenvalue weighted by atomic mass is 10.1. The van der Waals surface area contributed by atoms with Crippen LogP contribution in [0.3, 0.4) is 0 Å². The van der Waals surface area contributed by atoms with Crippen molar-refractivity contribution in [2.24, 2.45) is 0 Å². The van der Waals surface area contributed by atoms with Crippen molar-refractivity contribution in [1.82, 2.24) is 9.21 Å². The highest BCUT2D eigenvalue weighted by Gasteiger charge is 2.31. The van der Waals surface area contributed by atoms with E-state index in [1.54, 1.807) is 16.2 Å². The molecule has 2 aromatic rings. The van der Waals surface area contributed by atoms with Crippen molar-refractivity contribution in [2.45, 2.75) is 37.0 Å². The van der Waals surface area contributed by atoms with Gasteiger partial charge in [-0.2, -0.15) is 4.31 Å². The molecule has 0 spiro atoms. The lowest BCUT2D eigenvalue weighted by Gasteiger charge is -2.33. The third kappa shape index (κ3) is 3.86. The van der Waals surface area contributed by atoms with Gasteiger partial charge in [-0.3, -0.25) is 4.79 Å². The maximum Gasteiger partial charge on any atom is 0.264 e. The van der Waals surface area contributed by atoms with Gasteiger partial charge in [0.2, 0.25) is 10.0 Å². The summed E-state index contributed by atoms with van der Waals surface area (Å²) in [5.74, 6) is -0.472. The second-order valence-electron chi connectivity index (χ2n) is 7.27. The number of halogens is 1. The molecule has 0 atom stereocenters. The molecule has 1 saturated heterocycles. The van der Waals surface area contributed by atoms with Crippen LogP contribution in [0, 0.1) is 5.82 Å². The average Bonchev–Trinajstić information content (AvgIpc) is 2.98. The van der Waals surface area contributed by atoms with Gasteiger partial charge in [0, 0.05) is 31.1 Å². The fourth-order valence-corrected chi connectivity index (χ4v) is 6.46. The van der Waals surface area contributed by atoms with E-state index < -0.39 is 15.8 Å². The maximum atomic E-state index is 13.1. The van der Waals surface area contributed by atoms with Gasteiger partial charge in [0.15, 0.2) is 0 Å². The van der Waals surface area contributed by atoms with Gasteiger partial charge in [-0.05, 0) is 61.6 Å². The summed E-state index contributed by atoms with van der Waals surface area (Å²) in [7, 11) is -3.67. The number of nitrogens with zero attached hydrogens (tertiary/aromatic N) is 2. The van der Waals surface area contributed by atoms with Gasteiger partial charge in [-0.1, -0.05) is 6.42 Å². The Morgan fingerprint density at radius 1 is 0.964 bits per heavy atom. The van der Waals surface area contributed by atoms with Gasteiger partial charge < -0.3 is 4.90 Å². The molecule has 1 amide bonds. The van der Waals surface area contributed by atoms with E-state index in [2.05, 4.69) is 0 Å². The highest BCUT2D eigenvalue weighted by molar-refractivity contribution is 7.89. The Balaban J connectivity index is 1.42. The van der Waals surface area contributed by atoms with Crippen molar-refractivity contribution in [1.29, 1.82) is 0 Å². The zero-order chi connectivity index (χ0) is 19.7. The van der Waals surface area contributed by atoms with Crippen molar-refractivity contribution >= 4 is 27.3 Å². The number of benzene rings is 1. The van der Waals surface area contributed by atoms with Crippen LogP contribution in [0.1, 0.15) is 39.4 Å². The van der Waals surface area contributed by atoms with Crippen LogP contribution in [0.25, 0.3) is 0 Å². The first-order valence-electron chi connectivity index (χ1n) is 9.62. The number of piperazine rings is 1. The smallest absolute Gasteiger partial charge is 0.264 e. The Kier molecular flexibility index (Phi) is 5.53. The van der Waals surface area contributed by atoms with Crippen LogP contribution in [-0.4, -0.2) is 49.7 Å². The highest BCUT2D eigenvalue weighted by Crippen LogP contribution is 2.30. The SMILES string of the molecule is O=C(c1cc2c(s1)CCCCC2)N1CCN(S(=O)(=O)c2ccc(F)cc2)CC1. The van der Waals surface area contributed by atoms with Crippen LogP contribution in [0.2, 0.25) is 0 Å². The molecule has 1 aliphatic carbocycles. The van der Waals surface area contributed by atoms with E-state index in [1.165, 1.54) is 46.1 Å². The standard InChI is InChI=1S/C20H23FN2O3S2/c21-16-6-8-17(9-7-16)28(25,26)23-12-10-22(11-13-23)20(24)19-14-15-4-2-1-3-5-18(15)27-19/h6-9,14H,1-5,10-13H2. The summed E-state index contributed by atoms with van der Waals surface area (Å²) in [6.07, 6.45) is 5.70. The Bertz CT molecular complexity index is 938. The quantitative estimate of drug-likeness (QED) is 0.713. The first kappa shape index (κ1) is 19.5. The Morgan fingerprint density at radius 3 is 2.36 bits per heavy atom. The predicted octanol–water partition coefficient (Wildman–Crippen LogP) is 3.30. The number of rotatable bonds is 3. The minimum absolute atomic E-state index is 0.00287. The van der Waals surface area contributed by atoms with E-state index in [0.29, 0.717) is 13.1 Å². The van der Waals surface area contributed by atoms with Crippen molar-refractivity contribution in [3.8, 4) is 0 Å². The zero-order valence-corrected chi connectivity index (χ0v) is 17.2. The van der Waals surface area contributed by atoms with E-state index in [-0.39, 0.29) is 23.9 Å². The van der Waals surface area contributed by atoms with E-state index >= 15 is 0 Å². The molecule has 2 aliphatic rings. The average molecular weight is 423 g/mol. The number of thiophene rings is 1. The van der Waals surface area contributed by atoms with Crippen LogP contribution < -0.4 is 0 Å². The summed E-state index contributed by atoms with van der Waals surface area (Å²) in [5, 5.41) is 0. The van der Waals surface area contributed by atoms with E-state index in [4.69, 9.17) is 0 Å². The minimum atomic E-state index is -3.67. The van der Waals surface area contributed by atoms with Crippen molar-refractivity contribution in [2.75, 3.05) is 26.2 Å². The van der Waals surface area contributed by atoms with Crippen LogP contribution in [0.4, 0.5) is 4.39 Å². The summed E-state index contributed by atoms with van der Waals surface area (Å²) in [6.45, 7) is 1.22. The fraction of sp³-hybridized carbons (Fsp3) is 0.450. The predicted molar refractivity (Wildman–Crippen MR) is 107 cm³/mol. The van der Waals surface area contributed by atoms with Crippen LogP contribution in [0.5, 0.6) is 0 Å². The molecular formula is C20H23FN2O3S2. The number of aryl methyl sites for hydroxylation is 2. The Morgan fingerprint density at radius 2 is 1.64 bits per heavy atom. The van der Waals surface area contributed by atoms with Gasteiger partial charge in [0.25, 0.3) is 5.91 Å². The second-order valence-corrected chi connectivity index (χ2v) is 10.3. The molecule has 0 N–H and O–H groups in total. The zero-order valence-electron chi connectivity index (χ0n) is 15.6. The number of hydrogen-bond donors (Lipinski definition) is 0. The van der Waals surface area contributed by atoms with Gasteiger partial charge in [0.1, 0.15) is 5.82 Å². The lowest BCUT2D eigenvalue weighted by molar-refractivity contribution is 0.0702. The monoisotopic (exact) mass is 422 g/mol. The number of hydrogen-bond acceptors (Lipinski definition) is 4. The van der Waals surface area contributed by atoms with Gasteiger partial charge in [-0.15, -0.1) is 11.3 Å². The fourth-order valence-electron chi connectivity index (χ4n) is 3.82. The largest absolute Gasteiger partial charge is 0.335 e. The molecule has 8 heteroatoms. The number of sulfonamides is 1. The summed E-state index contributed by atoms with van der Waals surface area (Å²) in [5.41, 5.74) is 1.31. The van der Waals surface area contributed by atoms with Gasteiger partial charge >= 0.3 is 0 Å². The Hall–Kier alpha value is -1.77. The summed E-state index contributed by atoms with van der Waals surface area (Å²) < 4.78 is 39.9. The summed E-state index contributed by atoms with van der Waals surface area (Å²) in [4.78, 5) is 16.8. The molecule has 1 fully saturated rings. The number of carbonyl (C=O) groups excluding carboxylic acids is 1. The molecule has 28 heavy (non-hydrogen) atoms. The molecule has 5 nitrogen and oxygen atoms in total. The molecular weight excluding hydrogens is 399 g/mol. The molecule has 1 aliphatic heterocycles. The minimum Gasteiger partial charge on any atom is -0.335 e. The molecule has 0 unspecified atom stereocenters. The lowest BCUT2D eigenvalue weighted by Crippen LogP contribution is -2.50. The normalized spacial score (nSPS) is 18.5. The molecule has 1 aromatic carbocycles. The van der Waals surface area contributed by atoms with Crippen LogP contribution >= 0.6 is 11.3 Å². The first-order valence-corrected chi connectivity index (χ1v) is 11.9. The number of fused-ring (bicyclic) bond motifs is 1. The number of carbonyl (C=O) groups is 1.